The van der Waals surface area contributed by atoms with E-state index >= 15 is 0 Å². The summed E-state index contributed by atoms with van der Waals surface area (Å²) in [5.74, 6) is 0.440. The van der Waals surface area contributed by atoms with Crippen molar-refractivity contribution in [2.24, 2.45) is 0 Å². The van der Waals surface area contributed by atoms with Crippen LogP contribution in [0.1, 0.15) is 33.3 Å². The minimum absolute atomic E-state index is 0.0766. The van der Waals surface area contributed by atoms with Crippen molar-refractivity contribution >= 4 is 17.0 Å². The van der Waals surface area contributed by atoms with Gasteiger partial charge in [-0.25, -0.2) is 4.98 Å². The topological polar surface area (TPSA) is 62.6 Å². The number of fused-ring (bicyclic) bond motifs is 1. The molecule has 0 radical (unpaired) electrons. The lowest BCUT2D eigenvalue weighted by Gasteiger charge is -2.19. The van der Waals surface area contributed by atoms with Crippen molar-refractivity contribution < 1.29 is 19.0 Å². The molecule has 0 saturated carbocycles. The molecule has 0 atom stereocenters. The Balaban J connectivity index is 1.72. The summed E-state index contributed by atoms with van der Waals surface area (Å²) in [6.07, 6.45) is 0. The second kappa shape index (κ2) is 10.6. The Kier molecular flexibility index (Phi) is 7.82. The van der Waals surface area contributed by atoms with Gasteiger partial charge in [-0.3, -0.25) is 4.79 Å². The van der Waals surface area contributed by atoms with Gasteiger partial charge in [0.1, 0.15) is 19.0 Å². The third-order valence-corrected chi connectivity index (χ3v) is 5.02. The lowest BCUT2D eigenvalue weighted by atomic mass is 9.87. The monoisotopic (exact) mass is 424 g/mol. The molecule has 0 aliphatic heterocycles. The normalized spacial score (nSPS) is 11.7. The van der Waals surface area contributed by atoms with Gasteiger partial charge in [-0.15, -0.1) is 0 Å². The first-order chi connectivity index (χ1) is 14.9. The zero-order valence-electron chi connectivity index (χ0n) is 18.9. The highest BCUT2D eigenvalue weighted by molar-refractivity contribution is 5.83. The number of esters is 1. The number of rotatable bonds is 10. The number of para-hydroxylation sites is 2. The highest BCUT2D eigenvalue weighted by Crippen LogP contribution is 2.28. The third-order valence-electron chi connectivity index (χ3n) is 5.02. The Labute approximate surface area is 184 Å². The number of carbonyl (C=O) groups excluding carboxylic acids is 1. The van der Waals surface area contributed by atoms with E-state index in [1.54, 1.807) is 0 Å². The van der Waals surface area contributed by atoms with Crippen molar-refractivity contribution in [1.82, 2.24) is 9.55 Å². The number of carbonyl (C=O) groups is 1. The maximum atomic E-state index is 12.5. The number of imidazole rings is 1. The van der Waals surface area contributed by atoms with Crippen LogP contribution in [0, 0.1) is 0 Å². The Morgan fingerprint density at radius 1 is 0.935 bits per heavy atom. The summed E-state index contributed by atoms with van der Waals surface area (Å²) >= 11 is 0. The smallest absolute Gasteiger partial charge is 0.326 e. The minimum Gasteiger partial charge on any atom is -0.462 e. The number of ether oxygens (including phenoxy) is 3. The van der Waals surface area contributed by atoms with Crippen LogP contribution in [-0.2, 0) is 31.0 Å². The van der Waals surface area contributed by atoms with Gasteiger partial charge in [0.25, 0.3) is 0 Å². The van der Waals surface area contributed by atoms with Crippen LogP contribution in [0.15, 0.2) is 48.5 Å². The molecule has 6 nitrogen and oxygen atoms in total. The summed E-state index contributed by atoms with van der Waals surface area (Å²) in [5.41, 5.74) is 4.05. The number of hydrogen-bond donors (Lipinski definition) is 0. The molecule has 0 bridgehead atoms. The first kappa shape index (κ1) is 23.0. The molecule has 1 aromatic heterocycles. The molecule has 2 aromatic carbocycles. The summed E-state index contributed by atoms with van der Waals surface area (Å²) in [6, 6.07) is 16.2. The summed E-state index contributed by atoms with van der Waals surface area (Å²) < 4.78 is 17.9. The van der Waals surface area contributed by atoms with Gasteiger partial charge < -0.3 is 18.8 Å². The summed E-state index contributed by atoms with van der Waals surface area (Å²) in [4.78, 5) is 17.3. The van der Waals surface area contributed by atoms with E-state index in [9.17, 15) is 4.79 Å². The lowest BCUT2D eigenvalue weighted by Crippen LogP contribution is -2.18. The van der Waals surface area contributed by atoms with Crippen LogP contribution in [0.4, 0.5) is 0 Å². The first-order valence-electron chi connectivity index (χ1n) is 10.8. The van der Waals surface area contributed by atoms with Crippen molar-refractivity contribution in [2.75, 3.05) is 33.0 Å². The van der Waals surface area contributed by atoms with E-state index in [0.29, 0.717) is 26.4 Å². The maximum Gasteiger partial charge on any atom is 0.326 e. The molecule has 0 fully saturated rings. The molecule has 31 heavy (non-hydrogen) atoms. The average molecular weight is 425 g/mol. The summed E-state index contributed by atoms with van der Waals surface area (Å²) in [6.45, 7) is 10.9. The zero-order chi connectivity index (χ0) is 22.3. The molecule has 0 aliphatic carbocycles. The predicted molar refractivity (Wildman–Crippen MR) is 122 cm³/mol. The molecule has 0 saturated heterocycles. The van der Waals surface area contributed by atoms with E-state index in [1.807, 2.05) is 35.8 Å². The molecule has 0 amide bonds. The number of nitrogens with zero attached hydrogens (tertiary/aromatic N) is 2. The SMILES string of the molecule is CCOCCOCCOC(=O)Cn1c(-c2ccc(C(C)(C)C)cc2)nc2ccccc21. The van der Waals surface area contributed by atoms with Gasteiger partial charge >= 0.3 is 5.97 Å². The van der Waals surface area contributed by atoms with E-state index in [2.05, 4.69) is 45.0 Å². The Morgan fingerprint density at radius 3 is 2.32 bits per heavy atom. The van der Waals surface area contributed by atoms with Crippen LogP contribution >= 0.6 is 0 Å². The number of hydrogen-bond acceptors (Lipinski definition) is 5. The standard InChI is InChI=1S/C25H32N2O4/c1-5-29-14-15-30-16-17-31-23(28)18-27-22-9-7-6-8-21(22)26-24(27)19-10-12-20(13-11-19)25(2,3)4/h6-13H,5,14-18H2,1-4H3. The second-order valence-electron chi connectivity index (χ2n) is 8.37. The first-order valence-corrected chi connectivity index (χ1v) is 10.8. The molecule has 0 N–H and O–H groups in total. The van der Waals surface area contributed by atoms with E-state index < -0.39 is 0 Å². The molecule has 6 heteroatoms. The van der Waals surface area contributed by atoms with Crippen molar-refractivity contribution in [2.45, 2.75) is 39.7 Å². The van der Waals surface area contributed by atoms with Gasteiger partial charge in [0.05, 0.1) is 30.9 Å². The van der Waals surface area contributed by atoms with E-state index in [0.717, 1.165) is 22.4 Å². The third kappa shape index (κ3) is 6.15. The zero-order valence-corrected chi connectivity index (χ0v) is 18.9. The molecule has 0 aliphatic rings. The summed E-state index contributed by atoms with van der Waals surface area (Å²) in [5, 5.41) is 0. The van der Waals surface area contributed by atoms with Crippen LogP contribution in [0.5, 0.6) is 0 Å². The molecule has 166 valence electrons. The van der Waals surface area contributed by atoms with E-state index in [4.69, 9.17) is 19.2 Å². The maximum absolute atomic E-state index is 12.5. The van der Waals surface area contributed by atoms with Crippen molar-refractivity contribution in [3.8, 4) is 11.4 Å². The van der Waals surface area contributed by atoms with Gasteiger partial charge in [0.15, 0.2) is 0 Å². The Hall–Kier alpha value is -2.70. The lowest BCUT2D eigenvalue weighted by molar-refractivity contribution is -0.145. The molecule has 3 rings (SSSR count). The van der Waals surface area contributed by atoms with Gasteiger partial charge in [-0.05, 0) is 30.0 Å². The van der Waals surface area contributed by atoms with E-state index in [-0.39, 0.29) is 24.5 Å². The van der Waals surface area contributed by atoms with Crippen LogP contribution in [-0.4, -0.2) is 48.6 Å². The molecular formula is C25H32N2O4. The van der Waals surface area contributed by atoms with Gasteiger partial charge in [-0.1, -0.05) is 57.2 Å². The summed E-state index contributed by atoms with van der Waals surface area (Å²) in [7, 11) is 0. The van der Waals surface area contributed by atoms with Crippen molar-refractivity contribution in [3.05, 3.63) is 54.1 Å². The molecular weight excluding hydrogens is 392 g/mol. The van der Waals surface area contributed by atoms with Gasteiger partial charge in [-0.2, -0.15) is 0 Å². The fourth-order valence-corrected chi connectivity index (χ4v) is 3.33. The second-order valence-corrected chi connectivity index (χ2v) is 8.37. The fourth-order valence-electron chi connectivity index (χ4n) is 3.33. The Morgan fingerprint density at radius 2 is 1.61 bits per heavy atom. The van der Waals surface area contributed by atoms with E-state index in [1.165, 1.54) is 5.56 Å². The largest absolute Gasteiger partial charge is 0.462 e. The van der Waals surface area contributed by atoms with Crippen molar-refractivity contribution in [1.29, 1.82) is 0 Å². The minimum atomic E-state index is -0.316. The molecule has 0 spiro atoms. The van der Waals surface area contributed by atoms with Crippen LogP contribution in [0.3, 0.4) is 0 Å². The average Bonchev–Trinajstić information content (AvgIpc) is 3.11. The van der Waals surface area contributed by atoms with Gasteiger partial charge in [0, 0.05) is 12.2 Å². The molecule has 0 unspecified atom stereocenters. The van der Waals surface area contributed by atoms with Gasteiger partial charge in [0.2, 0.25) is 0 Å². The van der Waals surface area contributed by atoms with Crippen LogP contribution < -0.4 is 0 Å². The Bertz CT molecular complexity index is 987. The quantitative estimate of drug-likeness (QED) is 0.352. The number of benzene rings is 2. The van der Waals surface area contributed by atoms with Crippen LogP contribution in [0.2, 0.25) is 0 Å². The van der Waals surface area contributed by atoms with Crippen molar-refractivity contribution in [3.63, 3.8) is 0 Å². The molecule has 3 aromatic rings. The van der Waals surface area contributed by atoms with Crippen LogP contribution in [0.25, 0.3) is 22.4 Å². The molecule has 1 heterocycles. The highest BCUT2D eigenvalue weighted by atomic mass is 16.6. The fraction of sp³-hybridized carbons (Fsp3) is 0.440. The highest BCUT2D eigenvalue weighted by Gasteiger charge is 2.18. The number of aromatic nitrogens is 2. The predicted octanol–water partition coefficient (Wildman–Crippen LogP) is 4.60.